The van der Waals surface area contributed by atoms with Crippen molar-refractivity contribution in [2.75, 3.05) is 13.2 Å². The molecule has 2 heterocycles. The van der Waals surface area contributed by atoms with Crippen LogP contribution in [0.5, 0.6) is 11.5 Å². The average Bonchev–Trinajstić information content (AvgIpc) is 3.26. The van der Waals surface area contributed by atoms with E-state index in [9.17, 15) is 9.59 Å². The summed E-state index contributed by atoms with van der Waals surface area (Å²) in [6, 6.07) is 9.26. The molecular formula is C22H27NO4S. The Kier molecular flexibility index (Phi) is 7.09. The summed E-state index contributed by atoms with van der Waals surface area (Å²) in [5, 5.41) is 5.18. The molecule has 0 spiro atoms. The van der Waals surface area contributed by atoms with Crippen LogP contribution in [0.15, 0.2) is 35.7 Å². The van der Waals surface area contributed by atoms with E-state index in [4.69, 9.17) is 9.47 Å². The fourth-order valence-electron chi connectivity index (χ4n) is 3.48. The van der Waals surface area contributed by atoms with Crippen LogP contribution in [-0.4, -0.2) is 24.9 Å². The standard InChI is InChI=1S/C22H27NO4S/c1-3-15(4-2)22(20-6-5-13-28-20)23-21(25)10-8-17(24)16-7-9-18-19(14-16)27-12-11-26-18/h5-7,9,13-15,22H,3-4,8,10-12H2,1-2H3,(H,23,25). The number of carbonyl (C=O) groups excluding carboxylic acids is 2. The summed E-state index contributed by atoms with van der Waals surface area (Å²) in [4.78, 5) is 26.2. The summed E-state index contributed by atoms with van der Waals surface area (Å²) in [5.74, 6) is 1.48. The molecule has 2 aromatic rings. The van der Waals surface area contributed by atoms with Crippen molar-refractivity contribution >= 4 is 23.0 Å². The lowest BCUT2D eigenvalue weighted by Crippen LogP contribution is -2.33. The van der Waals surface area contributed by atoms with E-state index in [-0.39, 0.29) is 30.6 Å². The van der Waals surface area contributed by atoms with Gasteiger partial charge in [0, 0.05) is 23.3 Å². The van der Waals surface area contributed by atoms with E-state index in [1.807, 2.05) is 11.4 Å². The fraction of sp³-hybridized carbons (Fsp3) is 0.455. The molecule has 6 heteroatoms. The van der Waals surface area contributed by atoms with Crippen molar-refractivity contribution < 1.29 is 19.1 Å². The predicted molar refractivity (Wildman–Crippen MR) is 110 cm³/mol. The molecule has 1 N–H and O–H groups in total. The highest BCUT2D eigenvalue weighted by Gasteiger charge is 2.24. The molecule has 1 aromatic carbocycles. The van der Waals surface area contributed by atoms with Crippen molar-refractivity contribution in [1.29, 1.82) is 0 Å². The Morgan fingerprint density at radius 1 is 1.07 bits per heavy atom. The molecule has 1 atom stereocenters. The van der Waals surface area contributed by atoms with Gasteiger partial charge >= 0.3 is 0 Å². The first-order chi connectivity index (χ1) is 13.6. The number of ketones is 1. The number of hydrogen-bond acceptors (Lipinski definition) is 5. The lowest BCUT2D eigenvalue weighted by Gasteiger charge is -2.25. The van der Waals surface area contributed by atoms with E-state index < -0.39 is 0 Å². The minimum Gasteiger partial charge on any atom is -0.486 e. The van der Waals surface area contributed by atoms with Crippen molar-refractivity contribution in [3.05, 3.63) is 46.2 Å². The highest BCUT2D eigenvalue weighted by Crippen LogP contribution is 2.32. The number of fused-ring (bicyclic) bond motifs is 1. The number of benzene rings is 1. The lowest BCUT2D eigenvalue weighted by atomic mass is 9.92. The Morgan fingerprint density at radius 2 is 1.82 bits per heavy atom. The van der Waals surface area contributed by atoms with Crippen molar-refractivity contribution in [2.45, 2.75) is 45.6 Å². The van der Waals surface area contributed by atoms with Crippen LogP contribution in [0, 0.1) is 5.92 Å². The number of carbonyl (C=O) groups is 2. The summed E-state index contributed by atoms with van der Waals surface area (Å²) in [6.07, 6.45) is 2.34. The van der Waals surface area contributed by atoms with Gasteiger partial charge in [-0.15, -0.1) is 11.3 Å². The van der Waals surface area contributed by atoms with Crippen LogP contribution in [0.25, 0.3) is 0 Å². The van der Waals surface area contributed by atoms with E-state index >= 15 is 0 Å². The van der Waals surface area contributed by atoms with Crippen molar-refractivity contribution in [3.8, 4) is 11.5 Å². The first-order valence-electron chi connectivity index (χ1n) is 9.88. The molecule has 3 rings (SSSR count). The topological polar surface area (TPSA) is 64.6 Å². The van der Waals surface area contributed by atoms with Gasteiger partial charge in [0.2, 0.25) is 5.91 Å². The Bertz CT molecular complexity index is 799. The van der Waals surface area contributed by atoms with E-state index in [1.165, 1.54) is 4.88 Å². The number of nitrogens with one attached hydrogen (secondary N) is 1. The summed E-state index contributed by atoms with van der Waals surface area (Å²) in [5.41, 5.74) is 0.548. The Labute approximate surface area is 170 Å². The van der Waals surface area contributed by atoms with Crippen molar-refractivity contribution in [2.24, 2.45) is 5.92 Å². The van der Waals surface area contributed by atoms with Gasteiger partial charge in [0.25, 0.3) is 0 Å². The maximum atomic E-state index is 12.6. The molecule has 0 radical (unpaired) electrons. The van der Waals surface area contributed by atoms with E-state index in [0.717, 1.165) is 12.8 Å². The maximum Gasteiger partial charge on any atom is 0.220 e. The second-order valence-electron chi connectivity index (χ2n) is 6.92. The second kappa shape index (κ2) is 9.73. The van der Waals surface area contributed by atoms with Gasteiger partial charge in [-0.3, -0.25) is 9.59 Å². The largest absolute Gasteiger partial charge is 0.486 e. The van der Waals surface area contributed by atoms with E-state index in [2.05, 4.69) is 25.2 Å². The van der Waals surface area contributed by atoms with Crippen molar-refractivity contribution in [1.82, 2.24) is 5.32 Å². The van der Waals surface area contributed by atoms with Crippen LogP contribution >= 0.6 is 11.3 Å². The normalized spacial score (nSPS) is 14.0. The number of ether oxygens (including phenoxy) is 2. The zero-order chi connectivity index (χ0) is 19.9. The highest BCUT2D eigenvalue weighted by atomic mass is 32.1. The molecule has 0 saturated carbocycles. The number of thiophene rings is 1. The summed E-state index contributed by atoms with van der Waals surface area (Å²) in [7, 11) is 0. The molecule has 1 unspecified atom stereocenters. The van der Waals surface area contributed by atoms with Gasteiger partial charge in [-0.2, -0.15) is 0 Å². The Balaban J connectivity index is 1.59. The molecule has 1 aliphatic heterocycles. The van der Waals surface area contributed by atoms with Crippen LogP contribution in [0.4, 0.5) is 0 Å². The lowest BCUT2D eigenvalue weighted by molar-refractivity contribution is -0.122. The van der Waals surface area contributed by atoms with Gasteiger partial charge in [0.1, 0.15) is 13.2 Å². The van der Waals surface area contributed by atoms with E-state index in [1.54, 1.807) is 29.5 Å². The monoisotopic (exact) mass is 401 g/mol. The summed E-state index contributed by atoms with van der Waals surface area (Å²) < 4.78 is 11.0. The van der Waals surface area contributed by atoms with Gasteiger partial charge in [0.05, 0.1) is 6.04 Å². The molecule has 0 saturated heterocycles. The minimum absolute atomic E-state index is 0.00638. The quantitative estimate of drug-likeness (QED) is 0.615. The third-order valence-electron chi connectivity index (χ3n) is 5.13. The van der Waals surface area contributed by atoms with Gasteiger partial charge in [-0.05, 0) is 35.6 Å². The Hall–Kier alpha value is -2.34. The zero-order valence-corrected chi connectivity index (χ0v) is 17.2. The smallest absolute Gasteiger partial charge is 0.220 e. The Morgan fingerprint density at radius 3 is 2.50 bits per heavy atom. The van der Waals surface area contributed by atoms with Crippen LogP contribution in [0.1, 0.15) is 60.8 Å². The molecular weight excluding hydrogens is 374 g/mol. The van der Waals surface area contributed by atoms with Gasteiger partial charge in [-0.1, -0.05) is 32.8 Å². The van der Waals surface area contributed by atoms with Crippen LogP contribution in [0.2, 0.25) is 0 Å². The molecule has 1 amide bonds. The molecule has 0 bridgehead atoms. The molecule has 5 nitrogen and oxygen atoms in total. The molecule has 1 aliphatic rings. The minimum atomic E-state index is -0.0869. The van der Waals surface area contributed by atoms with Crippen LogP contribution < -0.4 is 14.8 Å². The van der Waals surface area contributed by atoms with Gasteiger partial charge in [-0.25, -0.2) is 0 Å². The van der Waals surface area contributed by atoms with Crippen LogP contribution in [0.3, 0.4) is 0 Å². The fourth-order valence-corrected chi connectivity index (χ4v) is 4.35. The zero-order valence-electron chi connectivity index (χ0n) is 16.4. The third-order valence-corrected chi connectivity index (χ3v) is 6.09. The van der Waals surface area contributed by atoms with Crippen LogP contribution in [-0.2, 0) is 4.79 Å². The predicted octanol–water partition coefficient (Wildman–Crippen LogP) is 4.78. The molecule has 0 aliphatic carbocycles. The summed E-state index contributed by atoms with van der Waals surface area (Å²) in [6.45, 7) is 5.29. The van der Waals surface area contributed by atoms with Gasteiger partial charge < -0.3 is 14.8 Å². The second-order valence-corrected chi connectivity index (χ2v) is 7.90. The average molecular weight is 402 g/mol. The van der Waals surface area contributed by atoms with E-state index in [0.29, 0.717) is 36.2 Å². The SMILES string of the molecule is CCC(CC)C(NC(=O)CCC(=O)c1ccc2c(c1)OCCO2)c1cccs1. The molecule has 150 valence electrons. The molecule has 28 heavy (non-hydrogen) atoms. The number of Topliss-reactive ketones (excluding diaryl/α,β-unsaturated/α-hetero) is 1. The van der Waals surface area contributed by atoms with Gasteiger partial charge in [0.15, 0.2) is 17.3 Å². The first-order valence-corrected chi connectivity index (χ1v) is 10.8. The number of hydrogen-bond donors (Lipinski definition) is 1. The number of rotatable bonds is 9. The highest BCUT2D eigenvalue weighted by molar-refractivity contribution is 7.10. The summed E-state index contributed by atoms with van der Waals surface area (Å²) >= 11 is 1.66. The molecule has 1 aromatic heterocycles. The maximum absolute atomic E-state index is 12.6. The first kappa shape index (κ1) is 20.4. The molecule has 0 fully saturated rings. The number of amides is 1. The van der Waals surface area contributed by atoms with Crippen molar-refractivity contribution in [3.63, 3.8) is 0 Å². The third kappa shape index (κ3) is 4.93.